The number of carbonyl (C=O) groups excluding carboxylic acids is 1. The number of rotatable bonds is 10. The molecule has 0 radical (unpaired) electrons. The van der Waals surface area contributed by atoms with Crippen LogP contribution in [0.3, 0.4) is 0 Å². The smallest absolute Gasteiger partial charge is 0.226 e. The van der Waals surface area contributed by atoms with Crippen LogP contribution in [-0.4, -0.2) is 46.0 Å². The standard InChI is InChI=1S/C25H21N5O5S2/c1-32-17-8-7-15(13-20(17)33-2)16-14-37-24(26-16)27-21(31)9-12-36-25-28-22(18-5-3-10-34-18)23(29-30-25)19-6-4-11-35-19/h3-8,10-11,13-14H,9,12H2,1-2H3,(H,26,27,31). The average Bonchev–Trinajstić information content (AvgIpc) is 3.71. The minimum atomic E-state index is -0.160. The summed E-state index contributed by atoms with van der Waals surface area (Å²) in [7, 11) is 3.17. The lowest BCUT2D eigenvalue weighted by atomic mass is 10.1. The second-order valence-electron chi connectivity index (χ2n) is 7.50. The Hall–Kier alpha value is -4.16. The van der Waals surface area contributed by atoms with Crippen molar-refractivity contribution in [1.29, 1.82) is 0 Å². The van der Waals surface area contributed by atoms with Crippen molar-refractivity contribution in [2.24, 2.45) is 0 Å². The van der Waals surface area contributed by atoms with Crippen LogP contribution in [0.4, 0.5) is 5.13 Å². The Balaban J connectivity index is 1.20. The number of aromatic nitrogens is 4. The van der Waals surface area contributed by atoms with Gasteiger partial charge in [0.25, 0.3) is 0 Å². The van der Waals surface area contributed by atoms with Crippen molar-refractivity contribution < 1.29 is 23.1 Å². The van der Waals surface area contributed by atoms with Crippen LogP contribution in [0, 0.1) is 0 Å². The molecule has 4 aromatic heterocycles. The lowest BCUT2D eigenvalue weighted by molar-refractivity contribution is -0.115. The zero-order valence-electron chi connectivity index (χ0n) is 19.8. The van der Waals surface area contributed by atoms with Crippen LogP contribution in [0.1, 0.15) is 6.42 Å². The van der Waals surface area contributed by atoms with E-state index in [0.29, 0.717) is 50.4 Å². The zero-order valence-corrected chi connectivity index (χ0v) is 21.5. The van der Waals surface area contributed by atoms with E-state index in [9.17, 15) is 4.79 Å². The second kappa shape index (κ2) is 11.3. The SMILES string of the molecule is COc1ccc(-c2csc(NC(=O)CCSc3nnc(-c4ccco4)c(-c4ccco4)n3)n2)cc1OC. The normalized spacial score (nSPS) is 10.9. The largest absolute Gasteiger partial charge is 0.493 e. The van der Waals surface area contributed by atoms with E-state index in [4.69, 9.17) is 18.3 Å². The van der Waals surface area contributed by atoms with Crippen molar-refractivity contribution >= 4 is 34.1 Å². The quantitative estimate of drug-likeness (QED) is 0.224. The molecule has 0 unspecified atom stereocenters. The van der Waals surface area contributed by atoms with Crippen LogP contribution in [0.25, 0.3) is 34.2 Å². The van der Waals surface area contributed by atoms with Crippen molar-refractivity contribution in [2.45, 2.75) is 11.6 Å². The number of hydrogen-bond acceptors (Lipinski definition) is 11. The molecule has 0 aliphatic heterocycles. The number of thioether (sulfide) groups is 1. The van der Waals surface area contributed by atoms with Crippen LogP contribution in [0.15, 0.2) is 74.4 Å². The molecule has 0 fully saturated rings. The molecule has 37 heavy (non-hydrogen) atoms. The predicted molar refractivity (Wildman–Crippen MR) is 140 cm³/mol. The summed E-state index contributed by atoms with van der Waals surface area (Å²) in [6.45, 7) is 0. The molecule has 10 nitrogen and oxygen atoms in total. The van der Waals surface area contributed by atoms with Crippen molar-refractivity contribution in [2.75, 3.05) is 25.3 Å². The Morgan fingerprint density at radius 2 is 1.73 bits per heavy atom. The number of anilines is 1. The van der Waals surface area contributed by atoms with E-state index in [1.54, 1.807) is 51.0 Å². The molecule has 0 aliphatic carbocycles. The van der Waals surface area contributed by atoms with Gasteiger partial charge in [0.2, 0.25) is 11.1 Å². The number of thiazole rings is 1. The third-order valence-electron chi connectivity index (χ3n) is 5.17. The fraction of sp³-hybridized carbons (Fsp3) is 0.160. The maximum atomic E-state index is 12.5. The van der Waals surface area contributed by atoms with Crippen LogP contribution in [0.2, 0.25) is 0 Å². The summed E-state index contributed by atoms with van der Waals surface area (Å²) in [6.07, 6.45) is 3.37. The summed E-state index contributed by atoms with van der Waals surface area (Å²) in [5.41, 5.74) is 2.60. The van der Waals surface area contributed by atoms with Gasteiger partial charge in [0.05, 0.1) is 32.4 Å². The van der Waals surface area contributed by atoms with Crippen LogP contribution < -0.4 is 14.8 Å². The van der Waals surface area contributed by atoms with E-state index in [1.807, 2.05) is 23.6 Å². The summed E-state index contributed by atoms with van der Waals surface area (Å²) in [4.78, 5) is 21.6. The van der Waals surface area contributed by atoms with Gasteiger partial charge in [-0.05, 0) is 42.5 Å². The first-order valence-electron chi connectivity index (χ1n) is 11.1. The summed E-state index contributed by atoms with van der Waals surface area (Å²) in [6, 6.07) is 12.7. The molecule has 0 saturated carbocycles. The number of benzene rings is 1. The molecular weight excluding hydrogens is 514 g/mol. The summed E-state index contributed by atoms with van der Waals surface area (Å²) < 4.78 is 21.6. The number of carbonyl (C=O) groups is 1. The average molecular weight is 536 g/mol. The Morgan fingerprint density at radius 3 is 2.43 bits per heavy atom. The van der Waals surface area contributed by atoms with E-state index in [0.717, 1.165) is 11.3 Å². The topological polar surface area (TPSA) is 125 Å². The van der Waals surface area contributed by atoms with Crippen LogP contribution >= 0.6 is 23.1 Å². The highest BCUT2D eigenvalue weighted by Gasteiger charge is 2.18. The van der Waals surface area contributed by atoms with Gasteiger partial charge in [-0.1, -0.05) is 11.8 Å². The minimum absolute atomic E-state index is 0.160. The van der Waals surface area contributed by atoms with Crippen molar-refractivity contribution in [3.8, 4) is 45.7 Å². The molecule has 12 heteroatoms. The Morgan fingerprint density at radius 1 is 0.973 bits per heavy atom. The van der Waals surface area contributed by atoms with E-state index in [-0.39, 0.29) is 12.3 Å². The Bertz CT molecular complexity index is 1490. The zero-order chi connectivity index (χ0) is 25.6. The number of amides is 1. The first-order chi connectivity index (χ1) is 18.1. The highest BCUT2D eigenvalue weighted by atomic mass is 32.2. The van der Waals surface area contributed by atoms with Crippen molar-refractivity contribution in [3.63, 3.8) is 0 Å². The molecule has 0 aliphatic rings. The number of methoxy groups -OCH3 is 2. The third kappa shape index (κ3) is 5.65. The predicted octanol–water partition coefficient (Wildman–Crippen LogP) is 5.65. The molecule has 1 N–H and O–H groups in total. The number of ether oxygens (including phenoxy) is 2. The van der Waals surface area contributed by atoms with Gasteiger partial charge in [-0.15, -0.1) is 21.5 Å². The molecule has 4 heterocycles. The van der Waals surface area contributed by atoms with E-state index < -0.39 is 0 Å². The third-order valence-corrected chi connectivity index (χ3v) is 6.76. The minimum Gasteiger partial charge on any atom is -0.493 e. The van der Waals surface area contributed by atoms with Gasteiger partial charge in [0, 0.05) is 23.1 Å². The Kier molecular flexibility index (Phi) is 7.47. The molecule has 188 valence electrons. The summed E-state index contributed by atoms with van der Waals surface area (Å²) in [5.74, 6) is 2.64. The van der Waals surface area contributed by atoms with Gasteiger partial charge in [-0.25, -0.2) is 9.97 Å². The van der Waals surface area contributed by atoms with Gasteiger partial charge < -0.3 is 23.6 Å². The fourth-order valence-corrected chi connectivity index (χ4v) is 4.87. The number of nitrogens with zero attached hydrogens (tertiary/aromatic N) is 4. The fourth-order valence-electron chi connectivity index (χ4n) is 3.41. The molecule has 0 spiro atoms. The van der Waals surface area contributed by atoms with Crippen molar-refractivity contribution in [3.05, 3.63) is 60.4 Å². The van der Waals surface area contributed by atoms with Gasteiger partial charge in [0.15, 0.2) is 33.8 Å². The van der Waals surface area contributed by atoms with E-state index in [1.165, 1.54) is 23.1 Å². The molecule has 0 atom stereocenters. The summed E-state index contributed by atoms with van der Waals surface area (Å²) >= 11 is 2.68. The lowest BCUT2D eigenvalue weighted by Crippen LogP contribution is -2.12. The molecule has 5 aromatic rings. The van der Waals surface area contributed by atoms with Crippen molar-refractivity contribution in [1.82, 2.24) is 20.2 Å². The number of nitrogens with one attached hydrogen (secondary N) is 1. The van der Waals surface area contributed by atoms with Gasteiger partial charge >= 0.3 is 0 Å². The number of furan rings is 2. The number of hydrogen-bond donors (Lipinski definition) is 1. The van der Waals surface area contributed by atoms with Gasteiger partial charge in [-0.2, -0.15) is 0 Å². The summed E-state index contributed by atoms with van der Waals surface area (Å²) in [5, 5.41) is 14.1. The maximum Gasteiger partial charge on any atom is 0.226 e. The lowest BCUT2D eigenvalue weighted by Gasteiger charge is -2.08. The first-order valence-corrected chi connectivity index (χ1v) is 12.9. The molecule has 5 rings (SSSR count). The molecule has 0 bridgehead atoms. The molecule has 1 amide bonds. The van der Waals surface area contributed by atoms with E-state index in [2.05, 4.69) is 25.5 Å². The first kappa shape index (κ1) is 24.5. The second-order valence-corrected chi connectivity index (χ2v) is 9.42. The molecular formula is C25H21N5O5S2. The Labute approximate surface area is 220 Å². The highest BCUT2D eigenvalue weighted by molar-refractivity contribution is 7.99. The van der Waals surface area contributed by atoms with Gasteiger partial charge in [-0.3, -0.25) is 4.79 Å². The van der Waals surface area contributed by atoms with Crippen LogP contribution in [0.5, 0.6) is 11.5 Å². The van der Waals surface area contributed by atoms with Crippen LogP contribution in [-0.2, 0) is 4.79 Å². The molecule has 0 saturated heterocycles. The van der Waals surface area contributed by atoms with E-state index >= 15 is 0 Å². The van der Waals surface area contributed by atoms with Gasteiger partial charge in [0.1, 0.15) is 5.69 Å². The maximum absolute atomic E-state index is 12.5. The molecule has 1 aromatic carbocycles. The highest BCUT2D eigenvalue weighted by Crippen LogP contribution is 2.34. The monoisotopic (exact) mass is 535 g/mol.